The quantitative estimate of drug-likeness (QED) is 0.612. The van der Waals surface area contributed by atoms with E-state index in [2.05, 4.69) is 0 Å². The van der Waals surface area contributed by atoms with Crippen LogP contribution in [0.2, 0.25) is 0 Å². The van der Waals surface area contributed by atoms with Gasteiger partial charge in [0, 0.05) is 32.4 Å². The molecule has 0 amide bonds. The number of carbonyl (C=O) groups excluding carboxylic acids is 3. The first kappa shape index (κ1) is 16.7. The van der Waals surface area contributed by atoms with E-state index in [0.29, 0.717) is 12.1 Å². The molecule has 0 saturated heterocycles. The van der Waals surface area contributed by atoms with E-state index in [1.165, 1.54) is 26.8 Å². The van der Waals surface area contributed by atoms with Gasteiger partial charge in [0.2, 0.25) is 0 Å². The number of esters is 3. The average Bonchev–Trinajstić information content (AvgIpc) is 2.29. The number of rotatable bonds is 4. The topological polar surface area (TPSA) is 105 Å². The summed E-state index contributed by atoms with van der Waals surface area (Å²) >= 11 is 0. The van der Waals surface area contributed by atoms with Crippen LogP contribution >= 0.6 is 0 Å². The fourth-order valence-electron chi connectivity index (χ4n) is 2.01. The molecule has 0 aromatic heterocycles. The number of allylic oxidation sites excluding steroid dienone is 2. The van der Waals surface area contributed by atoms with Crippen LogP contribution in [-0.2, 0) is 28.6 Å². The number of nitrogens with two attached hydrogens (primary N) is 1. The lowest BCUT2D eigenvalue weighted by Crippen LogP contribution is -2.29. The van der Waals surface area contributed by atoms with Gasteiger partial charge in [0.1, 0.15) is 5.76 Å². The van der Waals surface area contributed by atoms with Gasteiger partial charge in [-0.25, -0.2) is 0 Å². The maximum Gasteiger partial charge on any atom is 0.307 e. The highest BCUT2D eigenvalue weighted by Gasteiger charge is 2.31. The Kier molecular flexibility index (Phi) is 5.52. The third-order valence-electron chi connectivity index (χ3n) is 2.67. The lowest BCUT2D eigenvalue weighted by Gasteiger charge is -2.27. The number of carbonyl (C=O) groups is 3. The van der Waals surface area contributed by atoms with E-state index in [-0.39, 0.29) is 17.3 Å². The van der Waals surface area contributed by atoms with Crippen LogP contribution in [0.25, 0.3) is 0 Å². The van der Waals surface area contributed by atoms with Crippen molar-refractivity contribution in [2.24, 2.45) is 11.7 Å². The highest BCUT2D eigenvalue weighted by Crippen LogP contribution is 2.31. The molecule has 1 unspecified atom stereocenters. The van der Waals surface area contributed by atoms with Gasteiger partial charge in [0.25, 0.3) is 6.29 Å². The molecule has 116 valence electrons. The van der Waals surface area contributed by atoms with Crippen LogP contribution in [0.1, 0.15) is 34.1 Å². The Labute approximate surface area is 122 Å². The third-order valence-corrected chi connectivity index (χ3v) is 2.67. The fraction of sp³-hybridized carbons (Fsp3) is 0.500. The third kappa shape index (κ3) is 4.94. The van der Waals surface area contributed by atoms with Crippen molar-refractivity contribution in [3.8, 4) is 0 Å². The molecule has 0 fully saturated rings. The Morgan fingerprint density at radius 3 is 2.10 bits per heavy atom. The Bertz CT molecular complexity index is 504. The second-order valence-corrected chi connectivity index (χ2v) is 4.79. The molecule has 0 heterocycles. The monoisotopic (exact) mass is 297 g/mol. The molecule has 1 atom stereocenters. The first-order valence-corrected chi connectivity index (χ1v) is 6.43. The van der Waals surface area contributed by atoms with Crippen molar-refractivity contribution >= 4 is 17.9 Å². The van der Waals surface area contributed by atoms with E-state index >= 15 is 0 Å². The summed E-state index contributed by atoms with van der Waals surface area (Å²) in [6, 6.07) is 0. The standard InChI is InChI=1S/C14H19NO6/c1-7-5-11(15)6-12(13(7)19-8(2)16)14(20-9(3)17)21-10(4)18/h6-7,14H,5,15H2,1-4H3. The Morgan fingerprint density at radius 2 is 1.67 bits per heavy atom. The van der Waals surface area contributed by atoms with Gasteiger partial charge in [-0.05, 0) is 12.5 Å². The fourth-order valence-corrected chi connectivity index (χ4v) is 2.01. The molecule has 0 aromatic rings. The van der Waals surface area contributed by atoms with Crippen LogP contribution in [0.15, 0.2) is 23.1 Å². The Morgan fingerprint density at radius 1 is 1.14 bits per heavy atom. The van der Waals surface area contributed by atoms with E-state index < -0.39 is 24.2 Å². The summed E-state index contributed by atoms with van der Waals surface area (Å²) in [6.45, 7) is 5.42. The minimum Gasteiger partial charge on any atom is -0.430 e. The van der Waals surface area contributed by atoms with Gasteiger partial charge in [0.05, 0.1) is 5.57 Å². The van der Waals surface area contributed by atoms with Gasteiger partial charge < -0.3 is 19.9 Å². The second-order valence-electron chi connectivity index (χ2n) is 4.79. The van der Waals surface area contributed by atoms with Gasteiger partial charge >= 0.3 is 17.9 Å². The normalized spacial score (nSPS) is 18.1. The van der Waals surface area contributed by atoms with Crippen molar-refractivity contribution in [1.82, 2.24) is 0 Å². The van der Waals surface area contributed by atoms with Crippen LogP contribution in [0.5, 0.6) is 0 Å². The molecule has 0 radical (unpaired) electrons. The molecule has 21 heavy (non-hydrogen) atoms. The predicted molar refractivity (Wildman–Crippen MR) is 72.2 cm³/mol. The van der Waals surface area contributed by atoms with Gasteiger partial charge in [-0.2, -0.15) is 0 Å². The smallest absolute Gasteiger partial charge is 0.307 e. The van der Waals surface area contributed by atoms with Crippen molar-refractivity contribution < 1.29 is 28.6 Å². The molecule has 0 spiro atoms. The SMILES string of the molecule is CC(=O)OC1=C(C(OC(C)=O)OC(C)=O)C=C(N)CC1C. The van der Waals surface area contributed by atoms with Crippen molar-refractivity contribution in [2.45, 2.75) is 40.4 Å². The average molecular weight is 297 g/mol. The predicted octanol–water partition coefficient (Wildman–Crippen LogP) is 1.14. The summed E-state index contributed by atoms with van der Waals surface area (Å²) in [4.78, 5) is 33.6. The maximum absolute atomic E-state index is 11.2. The molecular weight excluding hydrogens is 278 g/mol. The maximum atomic E-state index is 11.2. The molecule has 0 aliphatic heterocycles. The van der Waals surface area contributed by atoms with Crippen molar-refractivity contribution in [2.75, 3.05) is 0 Å². The van der Waals surface area contributed by atoms with Gasteiger partial charge in [-0.1, -0.05) is 6.92 Å². The summed E-state index contributed by atoms with van der Waals surface area (Å²) in [6.07, 6.45) is 0.684. The molecule has 1 rings (SSSR count). The summed E-state index contributed by atoms with van der Waals surface area (Å²) in [5.41, 5.74) is 6.58. The largest absolute Gasteiger partial charge is 0.430 e. The van der Waals surface area contributed by atoms with Crippen LogP contribution in [0, 0.1) is 5.92 Å². The van der Waals surface area contributed by atoms with E-state index in [4.69, 9.17) is 19.9 Å². The van der Waals surface area contributed by atoms with E-state index in [0.717, 1.165) is 0 Å². The summed E-state index contributed by atoms with van der Waals surface area (Å²) in [7, 11) is 0. The molecule has 1 aliphatic carbocycles. The van der Waals surface area contributed by atoms with E-state index in [1.54, 1.807) is 6.92 Å². The summed E-state index contributed by atoms with van der Waals surface area (Å²) < 4.78 is 15.1. The zero-order chi connectivity index (χ0) is 16.2. The highest BCUT2D eigenvalue weighted by molar-refractivity contribution is 5.70. The Balaban J connectivity index is 3.26. The summed E-state index contributed by atoms with van der Waals surface area (Å²) in [5.74, 6) is -1.72. The molecule has 7 heteroatoms. The minimum atomic E-state index is -1.30. The van der Waals surface area contributed by atoms with E-state index in [1.807, 2.05) is 0 Å². The van der Waals surface area contributed by atoms with Crippen molar-refractivity contribution in [1.29, 1.82) is 0 Å². The number of ether oxygens (including phenoxy) is 3. The van der Waals surface area contributed by atoms with Crippen LogP contribution in [-0.4, -0.2) is 24.2 Å². The molecule has 1 aliphatic rings. The minimum absolute atomic E-state index is 0.206. The zero-order valence-electron chi connectivity index (χ0n) is 12.5. The van der Waals surface area contributed by atoms with Crippen LogP contribution in [0.3, 0.4) is 0 Å². The number of hydrogen-bond donors (Lipinski definition) is 1. The molecule has 2 N–H and O–H groups in total. The molecule has 0 saturated carbocycles. The van der Waals surface area contributed by atoms with Crippen molar-refractivity contribution in [3.05, 3.63) is 23.1 Å². The lowest BCUT2D eigenvalue weighted by atomic mass is 9.92. The van der Waals surface area contributed by atoms with E-state index in [9.17, 15) is 14.4 Å². The zero-order valence-corrected chi connectivity index (χ0v) is 12.5. The second kappa shape index (κ2) is 6.92. The first-order valence-electron chi connectivity index (χ1n) is 6.43. The highest BCUT2D eigenvalue weighted by atomic mass is 16.7. The summed E-state index contributed by atoms with van der Waals surface area (Å²) in [5, 5.41) is 0. The first-order chi connectivity index (χ1) is 9.70. The van der Waals surface area contributed by atoms with Crippen LogP contribution in [0.4, 0.5) is 0 Å². The number of hydrogen-bond acceptors (Lipinski definition) is 7. The molecular formula is C14H19NO6. The lowest BCUT2D eigenvalue weighted by molar-refractivity contribution is -0.178. The van der Waals surface area contributed by atoms with Gasteiger partial charge in [-0.3, -0.25) is 14.4 Å². The van der Waals surface area contributed by atoms with Crippen molar-refractivity contribution in [3.63, 3.8) is 0 Å². The Hall–Kier alpha value is -2.31. The molecule has 7 nitrogen and oxygen atoms in total. The molecule has 0 aromatic carbocycles. The van der Waals surface area contributed by atoms with Gasteiger partial charge in [-0.15, -0.1) is 0 Å². The molecule has 0 bridgehead atoms. The van der Waals surface area contributed by atoms with Crippen LogP contribution < -0.4 is 5.73 Å². The van der Waals surface area contributed by atoms with Gasteiger partial charge in [0.15, 0.2) is 0 Å².